The monoisotopic (exact) mass is 455 g/mol. The second kappa shape index (κ2) is 12.1. The minimum atomic E-state index is -1.50. The number of ketones is 1. The van der Waals surface area contributed by atoms with Gasteiger partial charge in [0.05, 0.1) is 19.4 Å². The molecular formula is C23H21NO7S. The van der Waals surface area contributed by atoms with Crippen LogP contribution in [0, 0.1) is 0 Å². The minimum absolute atomic E-state index is 0.0455. The first-order valence-corrected chi connectivity index (χ1v) is 10.0. The van der Waals surface area contributed by atoms with Crippen molar-refractivity contribution in [3.8, 4) is 5.75 Å². The summed E-state index contributed by atoms with van der Waals surface area (Å²) in [6.07, 6.45) is 1.51. The number of carboxylic acid groups (broad SMARTS) is 2. The van der Waals surface area contributed by atoms with Gasteiger partial charge < -0.3 is 20.3 Å². The van der Waals surface area contributed by atoms with Crippen molar-refractivity contribution in [2.45, 2.75) is 25.3 Å². The summed E-state index contributed by atoms with van der Waals surface area (Å²) in [6.45, 7) is -0.0455. The van der Waals surface area contributed by atoms with E-state index in [-0.39, 0.29) is 18.8 Å². The Morgan fingerprint density at radius 2 is 1.59 bits per heavy atom. The predicted octanol–water partition coefficient (Wildman–Crippen LogP) is 2.43. The van der Waals surface area contributed by atoms with Gasteiger partial charge in [-0.05, 0) is 54.5 Å². The number of rotatable bonds is 12. The van der Waals surface area contributed by atoms with Crippen LogP contribution in [0.3, 0.4) is 0 Å². The van der Waals surface area contributed by atoms with E-state index in [4.69, 9.17) is 14.9 Å². The second-order valence-corrected chi connectivity index (χ2v) is 6.97. The molecular weight excluding hydrogens is 434 g/mol. The summed E-state index contributed by atoms with van der Waals surface area (Å²) >= 11 is 4.64. The third-order valence-electron chi connectivity index (χ3n) is 4.36. The summed E-state index contributed by atoms with van der Waals surface area (Å²) in [5.74, 6) is -3.12. The van der Waals surface area contributed by atoms with Crippen LogP contribution in [0.1, 0.15) is 34.3 Å². The highest BCUT2D eigenvalue weighted by Gasteiger charge is 2.22. The van der Waals surface area contributed by atoms with Gasteiger partial charge in [0.1, 0.15) is 11.8 Å². The molecule has 1 unspecified atom stereocenters. The van der Waals surface area contributed by atoms with Crippen molar-refractivity contribution in [3.63, 3.8) is 0 Å². The first-order valence-electron chi connectivity index (χ1n) is 9.60. The maximum Gasteiger partial charge on any atom is 0.326 e. The van der Waals surface area contributed by atoms with Crippen LogP contribution in [0.25, 0.3) is 0 Å². The molecule has 2 aromatic rings. The molecule has 0 saturated carbocycles. The highest BCUT2D eigenvalue weighted by molar-refractivity contribution is 7.78. The number of nitrogens with one attached hydrogen (secondary N) is 1. The summed E-state index contributed by atoms with van der Waals surface area (Å²) in [5.41, 5.74) is 2.03. The van der Waals surface area contributed by atoms with E-state index in [1.54, 1.807) is 42.5 Å². The molecule has 2 rings (SSSR count). The molecule has 8 nitrogen and oxygen atoms in total. The van der Waals surface area contributed by atoms with E-state index in [2.05, 4.69) is 22.6 Å². The predicted molar refractivity (Wildman–Crippen MR) is 119 cm³/mol. The maximum atomic E-state index is 12.6. The third-order valence-corrected chi connectivity index (χ3v) is 4.53. The average molecular weight is 455 g/mol. The van der Waals surface area contributed by atoms with E-state index >= 15 is 0 Å². The van der Waals surface area contributed by atoms with Crippen molar-refractivity contribution >= 4 is 40.9 Å². The van der Waals surface area contributed by atoms with E-state index in [1.807, 2.05) is 12.1 Å². The highest BCUT2D eigenvalue weighted by Crippen LogP contribution is 2.16. The van der Waals surface area contributed by atoms with Gasteiger partial charge in [-0.1, -0.05) is 29.3 Å². The number of hydrogen-bond acceptors (Lipinski definition) is 6. The quantitative estimate of drug-likeness (QED) is 0.329. The number of hydrogen-bond donors (Lipinski definition) is 3. The summed E-state index contributed by atoms with van der Waals surface area (Å²) in [7, 11) is 0. The lowest BCUT2D eigenvalue weighted by Gasteiger charge is -2.12. The number of aliphatic carboxylic acids is 2. The van der Waals surface area contributed by atoms with Crippen molar-refractivity contribution < 1.29 is 34.1 Å². The van der Waals surface area contributed by atoms with Crippen LogP contribution in [-0.2, 0) is 20.8 Å². The van der Waals surface area contributed by atoms with Crippen LogP contribution >= 0.6 is 12.2 Å². The highest BCUT2D eigenvalue weighted by atomic mass is 32.1. The van der Waals surface area contributed by atoms with Crippen LogP contribution in [-0.4, -0.2) is 51.5 Å². The third kappa shape index (κ3) is 7.79. The van der Waals surface area contributed by atoms with Crippen molar-refractivity contribution in [3.05, 3.63) is 71.3 Å². The second-order valence-electron chi connectivity index (χ2n) is 6.73. The number of thiocarbonyl (C=S) groups is 1. The molecule has 166 valence electrons. The maximum absolute atomic E-state index is 12.6. The van der Waals surface area contributed by atoms with E-state index in [9.17, 15) is 19.2 Å². The van der Waals surface area contributed by atoms with Gasteiger partial charge >= 0.3 is 11.9 Å². The number of ether oxygens (including phenoxy) is 1. The summed E-state index contributed by atoms with van der Waals surface area (Å²) < 4.78 is 5.44. The molecule has 0 saturated heterocycles. The van der Waals surface area contributed by atoms with Gasteiger partial charge in [0.25, 0.3) is 0 Å². The average Bonchev–Trinajstić information content (AvgIpc) is 2.77. The Hall–Kier alpha value is -3.81. The molecule has 3 N–H and O–H groups in total. The largest absolute Gasteiger partial charge is 0.493 e. The standard InChI is InChI=1S/C23H21NO7S/c25-20(24-19(23(29)30)14-21(26)27)11-12-31-18-9-7-17(8-10-18)22(28)16-5-3-15(4-6-16)2-1-13-32/h1,3-10,19H,2,11-12,14H2,(H,24,25)(H,26,27)(H,29,30). The molecule has 0 aliphatic heterocycles. The zero-order valence-electron chi connectivity index (χ0n) is 16.9. The lowest BCUT2D eigenvalue weighted by molar-refractivity contribution is -0.147. The van der Waals surface area contributed by atoms with Crippen molar-refractivity contribution in [2.24, 2.45) is 0 Å². The smallest absolute Gasteiger partial charge is 0.326 e. The van der Waals surface area contributed by atoms with Crippen LogP contribution in [0.15, 0.2) is 54.6 Å². The van der Waals surface area contributed by atoms with E-state index in [0.717, 1.165) is 5.56 Å². The van der Waals surface area contributed by atoms with Crippen LogP contribution in [0.2, 0.25) is 0 Å². The van der Waals surface area contributed by atoms with Gasteiger partial charge in [-0.3, -0.25) is 14.4 Å². The lowest BCUT2D eigenvalue weighted by atomic mass is 10.0. The first kappa shape index (κ1) is 24.5. The Balaban J connectivity index is 1.86. The summed E-state index contributed by atoms with van der Waals surface area (Å²) in [5, 5.41) is 22.3. The Labute approximate surface area is 189 Å². The van der Waals surface area contributed by atoms with Gasteiger partial charge in [-0.25, -0.2) is 4.79 Å². The molecule has 2 aromatic carbocycles. The fourth-order valence-corrected chi connectivity index (χ4v) is 2.81. The fraction of sp³-hybridized carbons (Fsp3) is 0.217. The Morgan fingerprint density at radius 3 is 2.12 bits per heavy atom. The zero-order chi connectivity index (χ0) is 23.5. The van der Waals surface area contributed by atoms with Gasteiger partial charge in [0.2, 0.25) is 5.91 Å². The van der Waals surface area contributed by atoms with E-state index in [1.165, 1.54) is 0 Å². The molecule has 1 amide bonds. The SMILES string of the molecule is O=C(O)CC(NC(=O)CCOc1ccc(C(=O)c2ccc(CC=C=S)cc2)cc1)C(=O)O. The van der Waals surface area contributed by atoms with Gasteiger partial charge in [0.15, 0.2) is 5.78 Å². The number of allylic oxidation sites excluding steroid dienone is 1. The van der Waals surface area contributed by atoms with Gasteiger partial charge in [-0.2, -0.15) is 0 Å². The normalized spacial score (nSPS) is 11.0. The van der Waals surface area contributed by atoms with E-state index in [0.29, 0.717) is 23.3 Å². The zero-order valence-corrected chi connectivity index (χ0v) is 17.8. The molecule has 0 aromatic heterocycles. The molecule has 0 aliphatic carbocycles. The molecule has 0 bridgehead atoms. The van der Waals surface area contributed by atoms with Gasteiger partial charge in [0, 0.05) is 11.1 Å². The lowest BCUT2D eigenvalue weighted by Crippen LogP contribution is -2.42. The number of carboxylic acids is 2. The molecule has 0 radical (unpaired) electrons. The van der Waals surface area contributed by atoms with Crippen molar-refractivity contribution in [1.29, 1.82) is 0 Å². The fourth-order valence-electron chi connectivity index (χ4n) is 2.72. The van der Waals surface area contributed by atoms with Crippen LogP contribution in [0.4, 0.5) is 0 Å². The number of benzene rings is 2. The Bertz CT molecular complexity index is 1030. The first-order chi connectivity index (χ1) is 15.3. The summed E-state index contributed by atoms with van der Waals surface area (Å²) in [4.78, 5) is 46.0. The molecule has 9 heteroatoms. The molecule has 0 aliphatic rings. The molecule has 0 fully saturated rings. The van der Waals surface area contributed by atoms with E-state index < -0.39 is 30.3 Å². The Kier molecular flexibility index (Phi) is 9.28. The number of carbonyl (C=O) groups is 4. The Morgan fingerprint density at radius 1 is 1.00 bits per heavy atom. The van der Waals surface area contributed by atoms with Crippen LogP contribution < -0.4 is 10.1 Å². The number of carbonyl (C=O) groups excluding carboxylic acids is 2. The summed E-state index contributed by atoms with van der Waals surface area (Å²) in [6, 6.07) is 12.1. The molecule has 0 heterocycles. The minimum Gasteiger partial charge on any atom is -0.493 e. The van der Waals surface area contributed by atoms with Crippen molar-refractivity contribution in [2.75, 3.05) is 6.61 Å². The van der Waals surface area contributed by atoms with Gasteiger partial charge in [-0.15, -0.1) is 0 Å². The molecule has 1 atom stereocenters. The molecule has 0 spiro atoms. The molecule has 32 heavy (non-hydrogen) atoms. The van der Waals surface area contributed by atoms with Crippen LogP contribution in [0.5, 0.6) is 5.75 Å². The van der Waals surface area contributed by atoms with Crippen molar-refractivity contribution in [1.82, 2.24) is 5.32 Å². The topological polar surface area (TPSA) is 130 Å². The number of amides is 1.